The SMILES string of the molecule is COc1cc(OC)nc(N2C(=O)[C@@H](Cc3ccc(C)cc3)[C@@H](C)C2=O)n1. The van der Waals surface area contributed by atoms with E-state index in [0.717, 1.165) is 16.0 Å². The highest BCUT2D eigenvalue weighted by Gasteiger charge is 2.47. The van der Waals surface area contributed by atoms with Gasteiger partial charge in [0.05, 0.1) is 26.2 Å². The maximum absolute atomic E-state index is 12.9. The van der Waals surface area contributed by atoms with Crippen molar-refractivity contribution in [2.45, 2.75) is 20.3 Å². The lowest BCUT2D eigenvalue weighted by Crippen LogP contribution is -2.32. The molecule has 2 amide bonds. The van der Waals surface area contributed by atoms with Crippen molar-refractivity contribution in [3.05, 3.63) is 41.5 Å². The number of carbonyl (C=O) groups excluding carboxylic acids is 2. The van der Waals surface area contributed by atoms with Crippen LogP contribution in [0, 0.1) is 18.8 Å². The van der Waals surface area contributed by atoms with E-state index in [1.807, 2.05) is 31.2 Å². The maximum atomic E-state index is 12.9. The van der Waals surface area contributed by atoms with Crippen molar-refractivity contribution in [2.24, 2.45) is 11.8 Å². The molecule has 2 heterocycles. The Bertz CT molecular complexity index is 813. The van der Waals surface area contributed by atoms with E-state index in [2.05, 4.69) is 9.97 Å². The van der Waals surface area contributed by atoms with Gasteiger partial charge in [-0.25, -0.2) is 4.90 Å². The topological polar surface area (TPSA) is 81.6 Å². The van der Waals surface area contributed by atoms with Gasteiger partial charge in [0, 0.05) is 5.92 Å². The van der Waals surface area contributed by atoms with E-state index in [0.29, 0.717) is 6.42 Å². The first-order valence-electron chi connectivity index (χ1n) is 8.35. The van der Waals surface area contributed by atoms with E-state index < -0.39 is 11.8 Å². The molecule has 7 nitrogen and oxygen atoms in total. The number of anilines is 1. The molecule has 0 unspecified atom stereocenters. The summed E-state index contributed by atoms with van der Waals surface area (Å²) in [6.45, 7) is 3.77. The van der Waals surface area contributed by atoms with E-state index in [-0.39, 0.29) is 29.5 Å². The van der Waals surface area contributed by atoms with Gasteiger partial charge in [-0.05, 0) is 18.9 Å². The average molecular weight is 355 g/mol. The highest BCUT2D eigenvalue weighted by Crippen LogP contribution is 2.33. The summed E-state index contributed by atoms with van der Waals surface area (Å²) in [5, 5.41) is 0. The molecule has 7 heteroatoms. The maximum Gasteiger partial charge on any atom is 0.245 e. The molecule has 0 aliphatic carbocycles. The fourth-order valence-corrected chi connectivity index (χ4v) is 3.00. The first-order chi connectivity index (χ1) is 12.4. The fraction of sp³-hybridized carbons (Fsp3) is 0.368. The van der Waals surface area contributed by atoms with Crippen molar-refractivity contribution in [1.82, 2.24) is 9.97 Å². The molecule has 0 spiro atoms. The molecule has 2 atom stereocenters. The number of benzene rings is 1. The smallest absolute Gasteiger partial charge is 0.245 e. The van der Waals surface area contributed by atoms with Gasteiger partial charge in [-0.2, -0.15) is 9.97 Å². The van der Waals surface area contributed by atoms with E-state index in [1.165, 1.54) is 20.3 Å². The van der Waals surface area contributed by atoms with Crippen LogP contribution in [0.15, 0.2) is 30.3 Å². The van der Waals surface area contributed by atoms with Gasteiger partial charge in [-0.1, -0.05) is 36.8 Å². The molecule has 1 aliphatic rings. The van der Waals surface area contributed by atoms with E-state index in [1.54, 1.807) is 6.92 Å². The summed E-state index contributed by atoms with van der Waals surface area (Å²) in [5.41, 5.74) is 2.16. The molecule has 0 bridgehead atoms. The Morgan fingerprint density at radius 2 is 1.58 bits per heavy atom. The number of ether oxygens (including phenoxy) is 2. The molecule has 0 N–H and O–H groups in total. The summed E-state index contributed by atoms with van der Waals surface area (Å²) < 4.78 is 10.2. The molecular formula is C19H21N3O4. The molecule has 1 aromatic carbocycles. The first kappa shape index (κ1) is 17.8. The van der Waals surface area contributed by atoms with Crippen molar-refractivity contribution in [3.8, 4) is 11.8 Å². The molecule has 1 saturated heterocycles. The lowest BCUT2D eigenvalue weighted by atomic mass is 9.90. The number of hydrogen-bond donors (Lipinski definition) is 0. The average Bonchev–Trinajstić information content (AvgIpc) is 2.86. The molecule has 0 saturated carbocycles. The monoisotopic (exact) mass is 355 g/mol. The summed E-state index contributed by atoms with van der Waals surface area (Å²) in [7, 11) is 2.89. The van der Waals surface area contributed by atoms with Gasteiger partial charge in [0.2, 0.25) is 29.5 Å². The van der Waals surface area contributed by atoms with Crippen molar-refractivity contribution in [2.75, 3.05) is 19.1 Å². The van der Waals surface area contributed by atoms with Crippen LogP contribution in [0.5, 0.6) is 11.8 Å². The minimum atomic E-state index is -0.454. The van der Waals surface area contributed by atoms with Gasteiger partial charge < -0.3 is 9.47 Å². The summed E-state index contributed by atoms with van der Waals surface area (Å²) in [6, 6.07) is 9.44. The van der Waals surface area contributed by atoms with Gasteiger partial charge in [-0.3, -0.25) is 9.59 Å². The van der Waals surface area contributed by atoms with Crippen LogP contribution in [0.2, 0.25) is 0 Å². The standard InChI is InChI=1S/C19H21N3O4/c1-11-5-7-13(8-6-11)9-14-12(2)17(23)22(18(14)24)19-20-15(25-3)10-16(21-19)26-4/h5-8,10,12,14H,9H2,1-4H3/t12-,14+/m1/s1. The van der Waals surface area contributed by atoms with E-state index >= 15 is 0 Å². The van der Waals surface area contributed by atoms with Crippen molar-refractivity contribution in [1.29, 1.82) is 0 Å². The molecular weight excluding hydrogens is 334 g/mol. The zero-order valence-corrected chi connectivity index (χ0v) is 15.2. The minimum absolute atomic E-state index is 0.0190. The molecule has 2 aromatic rings. The number of aromatic nitrogens is 2. The molecule has 1 aliphatic heterocycles. The van der Waals surface area contributed by atoms with E-state index in [9.17, 15) is 9.59 Å². The lowest BCUT2D eigenvalue weighted by molar-refractivity contribution is -0.122. The molecule has 1 fully saturated rings. The molecule has 1 aromatic heterocycles. The zero-order chi connectivity index (χ0) is 18.8. The van der Waals surface area contributed by atoms with Crippen LogP contribution in [0.1, 0.15) is 18.1 Å². The van der Waals surface area contributed by atoms with Crippen molar-refractivity contribution >= 4 is 17.8 Å². The predicted molar refractivity (Wildman–Crippen MR) is 95.2 cm³/mol. The van der Waals surface area contributed by atoms with Crippen LogP contribution < -0.4 is 14.4 Å². The van der Waals surface area contributed by atoms with Gasteiger partial charge >= 0.3 is 0 Å². The van der Waals surface area contributed by atoms with Gasteiger partial charge in [0.1, 0.15) is 0 Å². The first-order valence-corrected chi connectivity index (χ1v) is 8.35. The number of aryl methyl sites for hydroxylation is 1. The Labute approximate surface area is 152 Å². The molecule has 136 valence electrons. The third-order valence-electron chi connectivity index (χ3n) is 4.61. The number of hydrogen-bond acceptors (Lipinski definition) is 6. The van der Waals surface area contributed by atoms with E-state index in [4.69, 9.17) is 9.47 Å². The van der Waals surface area contributed by atoms with Crippen LogP contribution in [-0.2, 0) is 16.0 Å². The van der Waals surface area contributed by atoms with Crippen LogP contribution in [-0.4, -0.2) is 36.0 Å². The zero-order valence-electron chi connectivity index (χ0n) is 15.2. The predicted octanol–water partition coefficient (Wildman–Crippen LogP) is 2.17. The minimum Gasteiger partial charge on any atom is -0.481 e. The number of methoxy groups -OCH3 is 2. The second-order valence-electron chi connectivity index (χ2n) is 6.35. The third-order valence-corrected chi connectivity index (χ3v) is 4.61. The summed E-state index contributed by atoms with van der Waals surface area (Å²) in [4.78, 5) is 35.0. The Morgan fingerprint density at radius 3 is 2.12 bits per heavy atom. The number of carbonyl (C=O) groups is 2. The third kappa shape index (κ3) is 3.24. The Morgan fingerprint density at radius 1 is 1.00 bits per heavy atom. The van der Waals surface area contributed by atoms with Crippen LogP contribution in [0.25, 0.3) is 0 Å². The second-order valence-corrected chi connectivity index (χ2v) is 6.35. The quantitative estimate of drug-likeness (QED) is 0.765. The molecule has 3 rings (SSSR count). The number of rotatable bonds is 5. The molecule has 26 heavy (non-hydrogen) atoms. The van der Waals surface area contributed by atoms with Crippen molar-refractivity contribution < 1.29 is 19.1 Å². The second kappa shape index (κ2) is 7.11. The number of nitrogens with zero attached hydrogens (tertiary/aromatic N) is 3. The van der Waals surface area contributed by atoms with Gasteiger partial charge in [0.25, 0.3) is 0 Å². The van der Waals surface area contributed by atoms with Crippen LogP contribution in [0.3, 0.4) is 0 Å². The van der Waals surface area contributed by atoms with Crippen LogP contribution in [0.4, 0.5) is 5.95 Å². The van der Waals surface area contributed by atoms with Crippen molar-refractivity contribution in [3.63, 3.8) is 0 Å². The normalized spacial score (nSPS) is 19.8. The fourth-order valence-electron chi connectivity index (χ4n) is 3.00. The highest BCUT2D eigenvalue weighted by molar-refractivity contribution is 6.21. The highest BCUT2D eigenvalue weighted by atomic mass is 16.5. The van der Waals surface area contributed by atoms with Gasteiger partial charge in [0.15, 0.2) is 0 Å². The van der Waals surface area contributed by atoms with Gasteiger partial charge in [-0.15, -0.1) is 0 Å². The Kier molecular flexibility index (Phi) is 4.88. The summed E-state index contributed by atoms with van der Waals surface area (Å²) in [5.74, 6) is -1.10. The summed E-state index contributed by atoms with van der Waals surface area (Å²) >= 11 is 0. The molecule has 0 radical (unpaired) electrons. The number of amides is 2. The summed E-state index contributed by atoms with van der Waals surface area (Å²) in [6.07, 6.45) is 0.490. The van der Waals surface area contributed by atoms with Crippen LogP contribution >= 0.6 is 0 Å². The lowest BCUT2D eigenvalue weighted by Gasteiger charge is -2.14. The Balaban J connectivity index is 1.91. The largest absolute Gasteiger partial charge is 0.481 e. The Hall–Kier alpha value is -2.96. The number of imide groups is 1.